The van der Waals surface area contributed by atoms with Crippen molar-refractivity contribution in [3.8, 4) is 11.5 Å². The van der Waals surface area contributed by atoms with Gasteiger partial charge in [0.25, 0.3) is 5.91 Å². The van der Waals surface area contributed by atoms with Gasteiger partial charge in [0.1, 0.15) is 24.7 Å². The SMILES string of the molecule is CCc1ccccc1NC(=O)CN1C(=O)N/C(=C/c2ccc(OCc3ccc(F)cc3)c(OC)c2)C1=O. The van der Waals surface area contributed by atoms with Gasteiger partial charge in [-0.05, 0) is 59.5 Å². The van der Waals surface area contributed by atoms with Crippen LogP contribution in [0.4, 0.5) is 14.9 Å². The number of hydrogen-bond donors (Lipinski definition) is 2. The van der Waals surface area contributed by atoms with Gasteiger partial charge in [0.05, 0.1) is 7.11 Å². The molecule has 4 amide bonds. The number of methoxy groups -OCH3 is 1. The zero-order valence-electron chi connectivity index (χ0n) is 20.4. The van der Waals surface area contributed by atoms with E-state index in [1.807, 2.05) is 19.1 Å². The minimum atomic E-state index is -0.679. The van der Waals surface area contributed by atoms with Crippen LogP contribution in [-0.2, 0) is 22.6 Å². The molecule has 0 bridgehead atoms. The molecule has 190 valence electrons. The number of para-hydroxylation sites is 1. The lowest BCUT2D eigenvalue weighted by atomic mass is 10.1. The molecule has 8 nitrogen and oxygen atoms in total. The van der Waals surface area contributed by atoms with Gasteiger partial charge in [-0.3, -0.25) is 9.59 Å². The number of amides is 4. The van der Waals surface area contributed by atoms with E-state index in [-0.39, 0.29) is 18.1 Å². The van der Waals surface area contributed by atoms with Crippen LogP contribution in [-0.4, -0.2) is 36.4 Å². The predicted octanol–water partition coefficient (Wildman–Crippen LogP) is 4.51. The zero-order chi connectivity index (χ0) is 26.4. The second-order valence-electron chi connectivity index (χ2n) is 8.26. The van der Waals surface area contributed by atoms with Gasteiger partial charge >= 0.3 is 6.03 Å². The molecule has 1 aliphatic heterocycles. The molecule has 0 aromatic heterocycles. The molecule has 0 saturated carbocycles. The Labute approximate surface area is 213 Å². The van der Waals surface area contributed by atoms with E-state index in [0.717, 1.165) is 22.4 Å². The normalized spacial score (nSPS) is 14.0. The van der Waals surface area contributed by atoms with E-state index < -0.39 is 24.4 Å². The summed E-state index contributed by atoms with van der Waals surface area (Å²) in [4.78, 5) is 38.7. The van der Waals surface area contributed by atoms with Gasteiger partial charge in [-0.25, -0.2) is 14.1 Å². The minimum absolute atomic E-state index is 0.0359. The number of urea groups is 1. The van der Waals surface area contributed by atoms with Crippen molar-refractivity contribution in [2.24, 2.45) is 0 Å². The summed E-state index contributed by atoms with van der Waals surface area (Å²) in [5.41, 5.74) is 3.00. The maximum Gasteiger partial charge on any atom is 0.329 e. The van der Waals surface area contributed by atoms with Crippen LogP contribution in [0.15, 0.2) is 72.4 Å². The molecular weight excluding hydrogens is 477 g/mol. The number of aryl methyl sites for hydroxylation is 1. The molecule has 1 heterocycles. The molecule has 1 saturated heterocycles. The lowest BCUT2D eigenvalue weighted by molar-refractivity contribution is -0.127. The van der Waals surface area contributed by atoms with Crippen molar-refractivity contribution in [1.82, 2.24) is 10.2 Å². The quantitative estimate of drug-likeness (QED) is 0.331. The Balaban J connectivity index is 1.43. The number of halogens is 1. The fourth-order valence-corrected chi connectivity index (χ4v) is 3.80. The molecule has 4 rings (SSSR count). The molecule has 37 heavy (non-hydrogen) atoms. The molecule has 1 fully saturated rings. The second kappa shape index (κ2) is 11.4. The second-order valence-corrected chi connectivity index (χ2v) is 8.26. The Bertz CT molecular complexity index is 1350. The highest BCUT2D eigenvalue weighted by molar-refractivity contribution is 6.16. The van der Waals surface area contributed by atoms with Crippen molar-refractivity contribution in [2.75, 3.05) is 19.0 Å². The Kier molecular flexibility index (Phi) is 7.83. The average Bonchev–Trinajstić information content (AvgIpc) is 3.16. The number of rotatable bonds is 9. The van der Waals surface area contributed by atoms with Gasteiger partial charge in [-0.15, -0.1) is 0 Å². The van der Waals surface area contributed by atoms with Crippen molar-refractivity contribution in [3.05, 3.63) is 94.9 Å². The molecular formula is C28H26FN3O5. The molecule has 0 aliphatic carbocycles. The van der Waals surface area contributed by atoms with Crippen molar-refractivity contribution in [2.45, 2.75) is 20.0 Å². The minimum Gasteiger partial charge on any atom is -0.493 e. The monoisotopic (exact) mass is 503 g/mol. The molecule has 0 radical (unpaired) electrons. The molecule has 2 N–H and O–H groups in total. The number of imide groups is 1. The molecule has 0 atom stereocenters. The van der Waals surface area contributed by atoms with Crippen LogP contribution in [0, 0.1) is 5.82 Å². The smallest absolute Gasteiger partial charge is 0.329 e. The van der Waals surface area contributed by atoms with Crippen molar-refractivity contribution < 1.29 is 28.2 Å². The first-order chi connectivity index (χ1) is 17.9. The van der Waals surface area contributed by atoms with Crippen LogP contribution in [0.1, 0.15) is 23.6 Å². The third-order valence-electron chi connectivity index (χ3n) is 5.74. The highest BCUT2D eigenvalue weighted by Crippen LogP contribution is 2.30. The summed E-state index contributed by atoms with van der Waals surface area (Å²) < 4.78 is 24.3. The summed E-state index contributed by atoms with van der Waals surface area (Å²) in [5.74, 6) is -0.539. The summed E-state index contributed by atoms with van der Waals surface area (Å²) in [5, 5.41) is 5.27. The van der Waals surface area contributed by atoms with Crippen molar-refractivity contribution >= 4 is 29.6 Å². The van der Waals surface area contributed by atoms with Gasteiger partial charge in [-0.2, -0.15) is 0 Å². The van der Waals surface area contributed by atoms with E-state index in [1.54, 1.807) is 42.5 Å². The maximum absolute atomic E-state index is 13.1. The van der Waals surface area contributed by atoms with Crippen LogP contribution >= 0.6 is 0 Å². The summed E-state index contributed by atoms with van der Waals surface area (Å²) in [6.45, 7) is 1.77. The van der Waals surface area contributed by atoms with E-state index in [0.29, 0.717) is 22.7 Å². The Hall–Kier alpha value is -4.66. The lowest BCUT2D eigenvalue weighted by Crippen LogP contribution is -2.38. The van der Waals surface area contributed by atoms with E-state index in [1.165, 1.54) is 25.3 Å². The third-order valence-corrected chi connectivity index (χ3v) is 5.74. The first kappa shape index (κ1) is 25.4. The molecule has 0 unspecified atom stereocenters. The van der Waals surface area contributed by atoms with E-state index in [2.05, 4.69) is 10.6 Å². The fourth-order valence-electron chi connectivity index (χ4n) is 3.80. The molecule has 3 aromatic rings. The Morgan fingerprint density at radius 3 is 2.54 bits per heavy atom. The van der Waals surface area contributed by atoms with Gasteiger partial charge in [0.2, 0.25) is 5.91 Å². The molecule has 0 spiro atoms. The Morgan fingerprint density at radius 1 is 1.05 bits per heavy atom. The molecule has 9 heteroatoms. The molecule has 3 aromatic carbocycles. The average molecular weight is 504 g/mol. The highest BCUT2D eigenvalue weighted by Gasteiger charge is 2.35. The first-order valence-corrected chi connectivity index (χ1v) is 11.7. The number of carbonyl (C=O) groups is 3. The van der Waals surface area contributed by atoms with E-state index in [4.69, 9.17) is 9.47 Å². The summed E-state index contributed by atoms with van der Waals surface area (Å²) in [7, 11) is 1.48. The number of hydrogen-bond acceptors (Lipinski definition) is 5. The summed E-state index contributed by atoms with van der Waals surface area (Å²) >= 11 is 0. The van der Waals surface area contributed by atoms with E-state index in [9.17, 15) is 18.8 Å². The van der Waals surface area contributed by atoms with Gasteiger partial charge in [0.15, 0.2) is 11.5 Å². The van der Waals surface area contributed by atoms with Crippen molar-refractivity contribution in [1.29, 1.82) is 0 Å². The third kappa shape index (κ3) is 6.13. The number of benzene rings is 3. The van der Waals surface area contributed by atoms with Crippen LogP contribution < -0.4 is 20.1 Å². The van der Waals surface area contributed by atoms with Crippen molar-refractivity contribution in [3.63, 3.8) is 0 Å². The number of ether oxygens (including phenoxy) is 2. The predicted molar refractivity (Wildman–Crippen MR) is 136 cm³/mol. The number of carbonyl (C=O) groups excluding carboxylic acids is 3. The maximum atomic E-state index is 13.1. The number of anilines is 1. The molecule has 1 aliphatic rings. The standard InChI is InChI=1S/C28H26FN3O5/c1-3-20-6-4-5-7-22(20)30-26(33)16-32-27(34)23(31-28(32)35)14-19-10-13-24(25(15-19)36-2)37-17-18-8-11-21(29)12-9-18/h4-15H,3,16-17H2,1-2H3,(H,30,33)(H,31,35)/b23-14+. The first-order valence-electron chi connectivity index (χ1n) is 11.7. The number of nitrogens with zero attached hydrogens (tertiary/aromatic N) is 1. The summed E-state index contributed by atoms with van der Waals surface area (Å²) in [6, 6.07) is 17.7. The topological polar surface area (TPSA) is 97.0 Å². The lowest BCUT2D eigenvalue weighted by Gasteiger charge is -2.13. The Morgan fingerprint density at radius 2 is 1.81 bits per heavy atom. The van der Waals surface area contributed by atoms with Gasteiger partial charge in [-0.1, -0.05) is 43.3 Å². The largest absolute Gasteiger partial charge is 0.493 e. The van der Waals surface area contributed by atoms with Gasteiger partial charge in [0, 0.05) is 5.69 Å². The van der Waals surface area contributed by atoms with Crippen LogP contribution in [0.3, 0.4) is 0 Å². The zero-order valence-corrected chi connectivity index (χ0v) is 20.4. The van der Waals surface area contributed by atoms with Crippen LogP contribution in [0.5, 0.6) is 11.5 Å². The number of nitrogens with one attached hydrogen (secondary N) is 2. The van der Waals surface area contributed by atoms with Gasteiger partial charge < -0.3 is 20.1 Å². The fraction of sp³-hybridized carbons (Fsp3) is 0.179. The van der Waals surface area contributed by atoms with E-state index >= 15 is 0 Å². The highest BCUT2D eigenvalue weighted by atomic mass is 19.1. The van der Waals surface area contributed by atoms with Crippen LogP contribution in [0.2, 0.25) is 0 Å². The van der Waals surface area contributed by atoms with Crippen LogP contribution in [0.25, 0.3) is 6.08 Å². The summed E-state index contributed by atoms with van der Waals surface area (Å²) in [6.07, 6.45) is 2.22.